The molecule has 1 saturated carbocycles. The van der Waals surface area contributed by atoms with E-state index in [1.807, 2.05) is 18.2 Å². The smallest absolute Gasteiger partial charge is 0.125 e. The number of ether oxygens (including phenoxy) is 2. The van der Waals surface area contributed by atoms with Gasteiger partial charge in [-0.05, 0) is 49.8 Å². The molecule has 0 aromatic heterocycles. The highest BCUT2D eigenvalue weighted by atomic mass is 16.5. The number of hydrogen-bond acceptors (Lipinski definition) is 3. The van der Waals surface area contributed by atoms with Gasteiger partial charge in [0, 0.05) is 5.56 Å². The molecule has 0 atom stereocenters. The molecule has 18 heavy (non-hydrogen) atoms. The van der Waals surface area contributed by atoms with Gasteiger partial charge in [-0.15, -0.1) is 0 Å². The van der Waals surface area contributed by atoms with E-state index >= 15 is 0 Å². The molecule has 0 heterocycles. The minimum atomic E-state index is -0.771. The van der Waals surface area contributed by atoms with E-state index in [1.54, 1.807) is 14.2 Å². The molecule has 100 valence electrons. The van der Waals surface area contributed by atoms with Crippen molar-refractivity contribution in [2.75, 3.05) is 14.2 Å². The number of methoxy groups -OCH3 is 2. The van der Waals surface area contributed by atoms with Crippen LogP contribution in [0.3, 0.4) is 0 Å². The fourth-order valence-corrected chi connectivity index (χ4v) is 2.69. The third-order valence-corrected chi connectivity index (χ3v) is 4.01. The molecular weight excluding hydrogens is 228 g/mol. The lowest BCUT2D eigenvalue weighted by Crippen LogP contribution is -2.31. The van der Waals surface area contributed by atoms with Crippen molar-refractivity contribution in [1.82, 2.24) is 0 Å². The maximum absolute atomic E-state index is 10.9. The van der Waals surface area contributed by atoms with E-state index in [1.165, 1.54) is 0 Å². The second kappa shape index (κ2) is 5.19. The summed E-state index contributed by atoms with van der Waals surface area (Å²) in [7, 11) is 3.28. The first-order chi connectivity index (χ1) is 8.59. The fourth-order valence-electron chi connectivity index (χ4n) is 2.69. The Hall–Kier alpha value is -1.22. The number of rotatable bonds is 3. The summed E-state index contributed by atoms with van der Waals surface area (Å²) in [5, 5.41) is 10.9. The van der Waals surface area contributed by atoms with Gasteiger partial charge in [-0.3, -0.25) is 0 Å². The Morgan fingerprint density at radius 1 is 1.17 bits per heavy atom. The molecule has 1 aliphatic rings. The zero-order valence-corrected chi connectivity index (χ0v) is 11.4. The van der Waals surface area contributed by atoms with Crippen molar-refractivity contribution < 1.29 is 14.6 Å². The lowest BCUT2D eigenvalue weighted by Gasteiger charge is -2.36. The van der Waals surface area contributed by atoms with E-state index in [-0.39, 0.29) is 0 Å². The van der Waals surface area contributed by atoms with Crippen molar-refractivity contribution in [3.8, 4) is 11.5 Å². The Labute approximate surface area is 109 Å². The topological polar surface area (TPSA) is 38.7 Å². The van der Waals surface area contributed by atoms with Gasteiger partial charge >= 0.3 is 0 Å². The average molecular weight is 250 g/mol. The lowest BCUT2D eigenvalue weighted by atomic mass is 9.75. The van der Waals surface area contributed by atoms with Crippen molar-refractivity contribution in [3.05, 3.63) is 23.8 Å². The Bertz CT molecular complexity index is 406. The van der Waals surface area contributed by atoms with Crippen LogP contribution in [0.5, 0.6) is 11.5 Å². The summed E-state index contributed by atoms with van der Waals surface area (Å²) >= 11 is 0. The first-order valence-electron chi connectivity index (χ1n) is 6.54. The number of aliphatic hydroxyl groups is 1. The molecule has 3 nitrogen and oxygen atoms in total. The zero-order chi connectivity index (χ0) is 13.2. The van der Waals surface area contributed by atoms with Gasteiger partial charge in [-0.1, -0.05) is 6.92 Å². The van der Waals surface area contributed by atoms with Crippen molar-refractivity contribution in [1.29, 1.82) is 0 Å². The molecule has 1 aromatic carbocycles. The Balaban J connectivity index is 2.35. The Morgan fingerprint density at radius 2 is 1.83 bits per heavy atom. The summed E-state index contributed by atoms with van der Waals surface area (Å²) in [5.74, 6) is 2.20. The third-order valence-electron chi connectivity index (χ3n) is 4.01. The molecule has 0 bridgehead atoms. The minimum absolute atomic E-state index is 0.696. The third kappa shape index (κ3) is 2.46. The van der Waals surface area contributed by atoms with Gasteiger partial charge < -0.3 is 14.6 Å². The van der Waals surface area contributed by atoms with Crippen LogP contribution in [0.25, 0.3) is 0 Å². The molecule has 2 rings (SSSR count). The number of benzene rings is 1. The van der Waals surface area contributed by atoms with Gasteiger partial charge in [-0.2, -0.15) is 0 Å². The van der Waals surface area contributed by atoms with Crippen LogP contribution >= 0.6 is 0 Å². The summed E-state index contributed by atoms with van der Waals surface area (Å²) < 4.78 is 10.6. The summed E-state index contributed by atoms with van der Waals surface area (Å²) in [5.41, 5.74) is 0.0862. The van der Waals surface area contributed by atoms with E-state index in [4.69, 9.17) is 9.47 Å². The summed E-state index contributed by atoms with van der Waals surface area (Å²) in [6.07, 6.45) is 3.68. The van der Waals surface area contributed by atoms with Gasteiger partial charge in [0.05, 0.1) is 19.8 Å². The van der Waals surface area contributed by atoms with Crippen molar-refractivity contribution >= 4 is 0 Å². The second-order valence-corrected chi connectivity index (χ2v) is 5.28. The SMILES string of the molecule is COc1ccc(OC)c(C2(O)CCC(C)CC2)c1. The van der Waals surface area contributed by atoms with Gasteiger partial charge in [0.15, 0.2) is 0 Å². The minimum Gasteiger partial charge on any atom is -0.497 e. The van der Waals surface area contributed by atoms with E-state index in [2.05, 4.69) is 6.92 Å². The van der Waals surface area contributed by atoms with E-state index in [9.17, 15) is 5.11 Å². The molecule has 1 fully saturated rings. The monoisotopic (exact) mass is 250 g/mol. The van der Waals surface area contributed by atoms with Gasteiger partial charge in [0.25, 0.3) is 0 Å². The largest absolute Gasteiger partial charge is 0.497 e. The first-order valence-corrected chi connectivity index (χ1v) is 6.54. The molecule has 1 aliphatic carbocycles. The van der Waals surface area contributed by atoms with Crippen LogP contribution in [0, 0.1) is 5.92 Å². The molecule has 0 spiro atoms. The molecule has 0 amide bonds. The Kier molecular flexibility index (Phi) is 3.81. The molecule has 0 radical (unpaired) electrons. The maximum atomic E-state index is 10.9. The summed E-state index contributed by atoms with van der Waals surface area (Å²) in [4.78, 5) is 0. The first kappa shape index (κ1) is 13.2. The van der Waals surface area contributed by atoms with Crippen molar-refractivity contribution in [3.63, 3.8) is 0 Å². The second-order valence-electron chi connectivity index (χ2n) is 5.28. The highest BCUT2D eigenvalue weighted by Gasteiger charge is 2.36. The predicted octanol–water partition coefficient (Wildman–Crippen LogP) is 3.10. The standard InChI is InChI=1S/C15H22O3/c1-11-6-8-15(16,9-7-11)13-10-12(17-2)4-5-14(13)18-3/h4-5,10-11,16H,6-9H2,1-3H3. The quantitative estimate of drug-likeness (QED) is 0.896. The van der Waals surface area contributed by atoms with E-state index in [0.29, 0.717) is 5.92 Å². The van der Waals surface area contributed by atoms with Crippen LogP contribution in [0.1, 0.15) is 38.2 Å². The molecule has 1 N–H and O–H groups in total. The predicted molar refractivity (Wildman–Crippen MR) is 71.1 cm³/mol. The highest BCUT2D eigenvalue weighted by molar-refractivity contribution is 5.44. The average Bonchev–Trinajstić information content (AvgIpc) is 2.41. The highest BCUT2D eigenvalue weighted by Crippen LogP contribution is 2.43. The van der Waals surface area contributed by atoms with Crippen LogP contribution in [-0.2, 0) is 5.60 Å². The van der Waals surface area contributed by atoms with E-state index in [0.717, 1.165) is 42.7 Å². The molecule has 0 unspecified atom stereocenters. The molecule has 0 saturated heterocycles. The van der Waals surface area contributed by atoms with Crippen LogP contribution in [0.15, 0.2) is 18.2 Å². The maximum Gasteiger partial charge on any atom is 0.125 e. The summed E-state index contributed by atoms with van der Waals surface area (Å²) in [6, 6.07) is 5.62. The molecule has 0 aliphatic heterocycles. The normalized spacial score (nSPS) is 27.9. The Morgan fingerprint density at radius 3 is 2.39 bits per heavy atom. The van der Waals surface area contributed by atoms with Crippen LogP contribution in [0.4, 0.5) is 0 Å². The molecule has 1 aromatic rings. The van der Waals surface area contributed by atoms with Gasteiger partial charge in [-0.25, -0.2) is 0 Å². The lowest BCUT2D eigenvalue weighted by molar-refractivity contribution is -0.0139. The van der Waals surface area contributed by atoms with Crippen molar-refractivity contribution in [2.24, 2.45) is 5.92 Å². The molecular formula is C15H22O3. The van der Waals surface area contributed by atoms with Crippen LogP contribution in [0.2, 0.25) is 0 Å². The number of hydrogen-bond donors (Lipinski definition) is 1. The van der Waals surface area contributed by atoms with Gasteiger partial charge in [0.2, 0.25) is 0 Å². The molecule has 3 heteroatoms. The fraction of sp³-hybridized carbons (Fsp3) is 0.600. The van der Waals surface area contributed by atoms with Crippen LogP contribution < -0.4 is 9.47 Å². The zero-order valence-electron chi connectivity index (χ0n) is 11.4. The van der Waals surface area contributed by atoms with E-state index < -0.39 is 5.60 Å². The summed E-state index contributed by atoms with van der Waals surface area (Å²) in [6.45, 7) is 2.24. The van der Waals surface area contributed by atoms with Crippen molar-refractivity contribution in [2.45, 2.75) is 38.2 Å². The van der Waals surface area contributed by atoms with Crippen LogP contribution in [-0.4, -0.2) is 19.3 Å². The van der Waals surface area contributed by atoms with Gasteiger partial charge in [0.1, 0.15) is 11.5 Å².